The minimum Gasteiger partial charge on any atom is -0.467 e. The number of carbonyl (C=O) groups is 1. The topological polar surface area (TPSA) is 94.2 Å². The van der Waals surface area contributed by atoms with Gasteiger partial charge in [-0.2, -0.15) is 4.37 Å². The number of hydrogen-bond acceptors (Lipinski definition) is 7. The van der Waals surface area contributed by atoms with Crippen LogP contribution in [0, 0.1) is 5.82 Å². The molecule has 2 N–H and O–H groups in total. The Morgan fingerprint density at radius 1 is 1.40 bits per heavy atom. The van der Waals surface area contributed by atoms with Gasteiger partial charge in [-0.15, -0.1) is 0 Å². The number of nitrogens with zero attached hydrogens (tertiary/aromatic N) is 4. The largest absolute Gasteiger partial charge is 0.467 e. The van der Waals surface area contributed by atoms with Gasteiger partial charge in [0.05, 0.1) is 18.4 Å². The molecular formula is C20H21BrFN5O2S. The average molecular weight is 494 g/mol. The van der Waals surface area contributed by atoms with Crippen LogP contribution in [-0.4, -0.2) is 32.2 Å². The predicted molar refractivity (Wildman–Crippen MR) is 117 cm³/mol. The second-order valence-corrected chi connectivity index (χ2v) is 8.38. The zero-order chi connectivity index (χ0) is 21.8. The van der Waals surface area contributed by atoms with Gasteiger partial charge in [0, 0.05) is 23.1 Å². The third kappa shape index (κ3) is 5.11. The van der Waals surface area contributed by atoms with Crippen LogP contribution in [0.15, 0.2) is 35.1 Å². The van der Waals surface area contributed by atoms with Crippen molar-refractivity contribution in [1.82, 2.24) is 19.2 Å². The normalized spacial score (nSPS) is 11.9. The highest BCUT2D eigenvalue weighted by Gasteiger charge is 2.23. The number of aromatic nitrogens is 3. The molecule has 0 saturated carbocycles. The minimum atomic E-state index is -0.690. The highest BCUT2D eigenvalue weighted by molar-refractivity contribution is 9.10. The molecule has 7 nitrogen and oxygen atoms in total. The van der Waals surface area contributed by atoms with Crippen molar-refractivity contribution < 1.29 is 13.9 Å². The second kappa shape index (κ2) is 9.48. The fourth-order valence-electron chi connectivity index (χ4n) is 2.86. The lowest BCUT2D eigenvalue weighted by Crippen LogP contribution is -2.28. The number of ether oxygens (including phenoxy) is 1. The molecular weight excluding hydrogens is 473 g/mol. The maximum Gasteiger partial charge on any atom is 0.258 e. The molecule has 158 valence electrons. The van der Waals surface area contributed by atoms with E-state index in [1.165, 1.54) is 35.9 Å². The van der Waals surface area contributed by atoms with Crippen LogP contribution in [0.4, 0.5) is 10.2 Å². The van der Waals surface area contributed by atoms with Gasteiger partial charge in [-0.1, -0.05) is 6.92 Å². The molecule has 0 bridgehead atoms. The van der Waals surface area contributed by atoms with E-state index in [2.05, 4.69) is 37.2 Å². The van der Waals surface area contributed by atoms with Crippen molar-refractivity contribution in [3.63, 3.8) is 0 Å². The first-order valence-corrected chi connectivity index (χ1v) is 10.8. The van der Waals surface area contributed by atoms with Crippen molar-refractivity contribution in [2.24, 2.45) is 0 Å². The van der Waals surface area contributed by atoms with Gasteiger partial charge >= 0.3 is 0 Å². The van der Waals surface area contributed by atoms with Gasteiger partial charge in [-0.25, -0.2) is 14.4 Å². The van der Waals surface area contributed by atoms with E-state index in [9.17, 15) is 9.18 Å². The number of nitrogen functional groups attached to an aromatic ring is 1. The SMILES string of the molecule is CCc1cc(CN(C)C(=O)c2ccc(F)cc2[C@@H](C)Oc2nc(Br)cnc2N)ns1. The molecule has 1 atom stereocenters. The molecule has 30 heavy (non-hydrogen) atoms. The number of nitrogens with two attached hydrogens (primary N) is 1. The molecule has 10 heteroatoms. The fourth-order valence-corrected chi connectivity index (χ4v) is 3.79. The summed E-state index contributed by atoms with van der Waals surface area (Å²) >= 11 is 4.64. The van der Waals surface area contributed by atoms with Crippen LogP contribution in [0.5, 0.6) is 5.88 Å². The summed E-state index contributed by atoms with van der Waals surface area (Å²) in [4.78, 5) is 23.9. The van der Waals surface area contributed by atoms with Crippen molar-refractivity contribution in [3.05, 3.63) is 62.6 Å². The van der Waals surface area contributed by atoms with Gasteiger partial charge < -0.3 is 15.4 Å². The summed E-state index contributed by atoms with van der Waals surface area (Å²) in [7, 11) is 1.68. The number of rotatable bonds is 7. The van der Waals surface area contributed by atoms with Gasteiger partial charge in [-0.05, 0) is 65.1 Å². The lowest BCUT2D eigenvalue weighted by atomic mass is 10.0. The van der Waals surface area contributed by atoms with E-state index in [-0.39, 0.29) is 17.6 Å². The van der Waals surface area contributed by atoms with Crippen molar-refractivity contribution in [3.8, 4) is 5.88 Å². The highest BCUT2D eigenvalue weighted by Crippen LogP contribution is 2.28. The molecule has 0 aliphatic heterocycles. The van der Waals surface area contributed by atoms with Crippen LogP contribution in [0.25, 0.3) is 0 Å². The first-order valence-electron chi connectivity index (χ1n) is 9.22. The van der Waals surface area contributed by atoms with Crippen LogP contribution in [-0.2, 0) is 13.0 Å². The van der Waals surface area contributed by atoms with Gasteiger partial charge in [0.25, 0.3) is 11.8 Å². The first-order chi connectivity index (χ1) is 14.3. The van der Waals surface area contributed by atoms with E-state index in [0.717, 1.165) is 17.0 Å². The molecule has 0 aliphatic carbocycles. The number of halogens is 2. The number of carbonyl (C=O) groups excluding carboxylic acids is 1. The molecule has 2 aromatic heterocycles. The summed E-state index contributed by atoms with van der Waals surface area (Å²) in [6.07, 6.45) is 1.65. The molecule has 3 rings (SSSR count). The van der Waals surface area contributed by atoms with Crippen LogP contribution in [0.2, 0.25) is 0 Å². The van der Waals surface area contributed by atoms with Crippen molar-refractivity contribution in [2.45, 2.75) is 32.9 Å². The zero-order valence-electron chi connectivity index (χ0n) is 16.7. The van der Waals surface area contributed by atoms with E-state index in [1.54, 1.807) is 18.9 Å². The molecule has 0 fully saturated rings. The number of hydrogen-bond donors (Lipinski definition) is 1. The monoisotopic (exact) mass is 493 g/mol. The van der Waals surface area contributed by atoms with Crippen LogP contribution in [0.3, 0.4) is 0 Å². The van der Waals surface area contributed by atoms with Crippen LogP contribution >= 0.6 is 27.5 Å². The molecule has 0 aliphatic rings. The van der Waals surface area contributed by atoms with Gasteiger partial charge in [0.2, 0.25) is 0 Å². The Kier molecular flexibility index (Phi) is 6.99. The van der Waals surface area contributed by atoms with Crippen molar-refractivity contribution in [2.75, 3.05) is 12.8 Å². The summed E-state index contributed by atoms with van der Waals surface area (Å²) < 4.78 is 24.6. The molecule has 0 unspecified atom stereocenters. The summed E-state index contributed by atoms with van der Waals surface area (Å²) in [6.45, 7) is 4.10. The van der Waals surface area contributed by atoms with E-state index in [1.807, 2.05) is 6.07 Å². The number of aryl methyl sites for hydroxylation is 1. The smallest absolute Gasteiger partial charge is 0.258 e. The number of benzene rings is 1. The molecule has 0 radical (unpaired) electrons. The Balaban J connectivity index is 1.84. The summed E-state index contributed by atoms with van der Waals surface area (Å²) in [5, 5.41) is 0. The Bertz CT molecular complexity index is 1060. The zero-order valence-corrected chi connectivity index (χ0v) is 19.1. The van der Waals surface area contributed by atoms with Crippen molar-refractivity contribution >= 4 is 39.2 Å². The standard InChI is InChI=1S/C20H21BrFN5O2S/c1-4-14-8-13(26-30-14)10-27(3)20(28)15-6-5-12(22)7-16(15)11(2)29-19-18(23)24-9-17(21)25-19/h5-9,11H,4,10H2,1-3H3,(H2,23,24)/t11-/m1/s1. The number of amides is 1. The maximum absolute atomic E-state index is 14.0. The molecule has 1 aromatic carbocycles. The van der Waals surface area contributed by atoms with Gasteiger partial charge in [-0.3, -0.25) is 4.79 Å². The Morgan fingerprint density at radius 3 is 2.87 bits per heavy atom. The van der Waals surface area contributed by atoms with E-state index < -0.39 is 11.9 Å². The highest BCUT2D eigenvalue weighted by atomic mass is 79.9. The lowest BCUT2D eigenvalue weighted by molar-refractivity contribution is 0.0778. The Labute approximate surface area is 186 Å². The van der Waals surface area contributed by atoms with E-state index >= 15 is 0 Å². The third-order valence-corrected chi connectivity index (χ3v) is 5.76. The summed E-state index contributed by atoms with van der Waals surface area (Å²) in [5.41, 5.74) is 7.36. The molecule has 2 heterocycles. The van der Waals surface area contributed by atoms with Gasteiger partial charge in [0.1, 0.15) is 16.5 Å². The minimum absolute atomic E-state index is 0.0988. The number of anilines is 1. The van der Waals surface area contributed by atoms with E-state index in [4.69, 9.17) is 10.5 Å². The third-order valence-electron chi connectivity index (χ3n) is 4.41. The average Bonchev–Trinajstić information content (AvgIpc) is 3.17. The Hall–Kier alpha value is -2.59. The quantitative estimate of drug-likeness (QED) is 0.524. The predicted octanol–water partition coefficient (Wildman–Crippen LogP) is 4.39. The molecule has 3 aromatic rings. The Morgan fingerprint density at radius 2 is 2.17 bits per heavy atom. The van der Waals surface area contributed by atoms with Crippen LogP contribution in [0.1, 0.15) is 46.4 Å². The molecule has 0 saturated heterocycles. The van der Waals surface area contributed by atoms with Crippen LogP contribution < -0.4 is 10.5 Å². The fraction of sp³-hybridized carbons (Fsp3) is 0.300. The summed E-state index contributed by atoms with van der Waals surface area (Å²) in [5.74, 6) is -0.538. The molecule has 0 spiro atoms. The molecule has 1 amide bonds. The second-order valence-electron chi connectivity index (χ2n) is 6.67. The van der Waals surface area contributed by atoms with Gasteiger partial charge in [0.15, 0.2) is 5.82 Å². The van der Waals surface area contributed by atoms with E-state index in [0.29, 0.717) is 22.3 Å². The first kappa shape index (κ1) is 22.1. The summed E-state index contributed by atoms with van der Waals surface area (Å²) in [6, 6.07) is 5.98. The van der Waals surface area contributed by atoms with Crippen molar-refractivity contribution in [1.29, 1.82) is 0 Å². The lowest BCUT2D eigenvalue weighted by Gasteiger charge is -2.21. The maximum atomic E-state index is 14.0.